The van der Waals surface area contributed by atoms with E-state index in [2.05, 4.69) is 57.8 Å². The van der Waals surface area contributed by atoms with Crippen molar-refractivity contribution in [1.82, 2.24) is 14.8 Å². The number of ether oxygens (including phenoxy) is 1. The lowest BCUT2D eigenvalue weighted by atomic mass is 10.2. The van der Waals surface area contributed by atoms with E-state index in [0.29, 0.717) is 0 Å². The summed E-state index contributed by atoms with van der Waals surface area (Å²) in [5.41, 5.74) is 2.38. The minimum absolute atomic E-state index is 0.747. The van der Waals surface area contributed by atoms with Gasteiger partial charge in [0.25, 0.3) is 0 Å². The van der Waals surface area contributed by atoms with Crippen molar-refractivity contribution in [3.63, 3.8) is 0 Å². The molecule has 0 amide bonds. The number of para-hydroxylation sites is 1. The number of rotatable bonds is 4. The van der Waals surface area contributed by atoms with Gasteiger partial charge in [-0.25, -0.2) is 0 Å². The van der Waals surface area contributed by atoms with Gasteiger partial charge in [0.05, 0.1) is 18.9 Å². The highest BCUT2D eigenvalue weighted by atomic mass is 32.2. The number of benzene rings is 1. The lowest BCUT2D eigenvalue weighted by Crippen LogP contribution is -2.38. The molecule has 2 aromatic rings. The SMILES string of the molecule is CCSc1nnc(N2CCOCC2)n1-c1ccccc1C. The minimum atomic E-state index is 0.747. The number of morpholine rings is 1. The molecule has 0 unspecified atom stereocenters. The Morgan fingerprint density at radius 2 is 1.95 bits per heavy atom. The molecule has 0 spiro atoms. The molecule has 1 aromatic heterocycles. The second-order valence-electron chi connectivity index (χ2n) is 4.94. The van der Waals surface area contributed by atoms with Crippen molar-refractivity contribution in [3.05, 3.63) is 29.8 Å². The van der Waals surface area contributed by atoms with Crippen molar-refractivity contribution in [2.45, 2.75) is 19.0 Å². The Labute approximate surface area is 129 Å². The van der Waals surface area contributed by atoms with Gasteiger partial charge in [-0.1, -0.05) is 36.9 Å². The van der Waals surface area contributed by atoms with Crippen molar-refractivity contribution in [2.75, 3.05) is 37.0 Å². The molecule has 21 heavy (non-hydrogen) atoms. The summed E-state index contributed by atoms with van der Waals surface area (Å²) in [6, 6.07) is 8.37. The van der Waals surface area contributed by atoms with Gasteiger partial charge in [0.1, 0.15) is 0 Å². The third kappa shape index (κ3) is 2.91. The maximum atomic E-state index is 5.44. The number of anilines is 1. The van der Waals surface area contributed by atoms with Crippen LogP contribution in [0.4, 0.5) is 5.95 Å². The van der Waals surface area contributed by atoms with Gasteiger partial charge in [-0.05, 0) is 24.3 Å². The number of hydrogen-bond acceptors (Lipinski definition) is 5. The second-order valence-corrected chi connectivity index (χ2v) is 6.17. The molecule has 1 aliphatic rings. The van der Waals surface area contributed by atoms with Crippen molar-refractivity contribution in [2.24, 2.45) is 0 Å². The fourth-order valence-corrected chi connectivity index (χ4v) is 3.14. The van der Waals surface area contributed by atoms with E-state index < -0.39 is 0 Å². The summed E-state index contributed by atoms with van der Waals surface area (Å²) < 4.78 is 7.62. The van der Waals surface area contributed by atoms with E-state index in [9.17, 15) is 0 Å². The fraction of sp³-hybridized carbons (Fsp3) is 0.467. The molecule has 112 valence electrons. The van der Waals surface area contributed by atoms with Crippen LogP contribution in [-0.2, 0) is 4.74 Å². The van der Waals surface area contributed by atoms with Gasteiger partial charge in [-0.15, -0.1) is 10.2 Å². The van der Waals surface area contributed by atoms with Gasteiger partial charge < -0.3 is 9.64 Å². The number of nitrogens with zero attached hydrogens (tertiary/aromatic N) is 4. The quantitative estimate of drug-likeness (QED) is 0.812. The van der Waals surface area contributed by atoms with Gasteiger partial charge in [0.2, 0.25) is 5.95 Å². The van der Waals surface area contributed by atoms with Crippen LogP contribution in [0.1, 0.15) is 12.5 Å². The molecule has 5 nitrogen and oxygen atoms in total. The maximum Gasteiger partial charge on any atom is 0.232 e. The Balaban J connectivity index is 2.06. The molecule has 6 heteroatoms. The molecule has 1 aromatic carbocycles. The Hall–Kier alpha value is -1.53. The van der Waals surface area contributed by atoms with Crippen molar-refractivity contribution in [1.29, 1.82) is 0 Å². The first kappa shape index (κ1) is 14.4. The van der Waals surface area contributed by atoms with Gasteiger partial charge in [0.15, 0.2) is 5.16 Å². The second kappa shape index (κ2) is 6.49. The van der Waals surface area contributed by atoms with Crippen LogP contribution in [-0.4, -0.2) is 46.8 Å². The fourth-order valence-electron chi connectivity index (χ4n) is 2.48. The molecule has 1 saturated heterocycles. The molecular weight excluding hydrogens is 284 g/mol. The van der Waals surface area contributed by atoms with E-state index in [-0.39, 0.29) is 0 Å². The molecule has 3 rings (SSSR count). The Morgan fingerprint density at radius 3 is 2.67 bits per heavy atom. The smallest absolute Gasteiger partial charge is 0.232 e. The van der Waals surface area contributed by atoms with Crippen LogP contribution in [0.5, 0.6) is 0 Å². The first-order chi connectivity index (χ1) is 10.3. The summed E-state index contributed by atoms with van der Waals surface area (Å²) >= 11 is 1.72. The predicted octanol–water partition coefficient (Wildman–Crippen LogP) is 2.52. The summed E-state index contributed by atoms with van der Waals surface area (Å²) in [6.07, 6.45) is 0. The van der Waals surface area contributed by atoms with Gasteiger partial charge in [-0.2, -0.15) is 0 Å². The zero-order chi connectivity index (χ0) is 14.7. The standard InChI is InChI=1S/C15H20N4OS/c1-3-21-15-17-16-14(18-8-10-20-11-9-18)19(15)13-7-5-4-6-12(13)2/h4-7H,3,8-11H2,1-2H3. The van der Waals surface area contributed by atoms with Crippen LogP contribution < -0.4 is 4.90 Å². The van der Waals surface area contributed by atoms with Crippen LogP contribution in [0, 0.1) is 6.92 Å². The average molecular weight is 304 g/mol. The molecule has 1 aliphatic heterocycles. The summed E-state index contributed by atoms with van der Waals surface area (Å²) in [4.78, 5) is 2.25. The molecule has 0 aliphatic carbocycles. The highest BCUT2D eigenvalue weighted by Crippen LogP contribution is 2.28. The monoisotopic (exact) mass is 304 g/mol. The van der Waals surface area contributed by atoms with Crippen LogP contribution in [0.2, 0.25) is 0 Å². The molecule has 0 radical (unpaired) electrons. The number of thioether (sulfide) groups is 1. The maximum absolute atomic E-state index is 5.44. The molecule has 0 saturated carbocycles. The molecule has 1 fully saturated rings. The van der Waals surface area contributed by atoms with E-state index in [1.54, 1.807) is 11.8 Å². The van der Waals surface area contributed by atoms with Gasteiger partial charge in [-0.3, -0.25) is 4.57 Å². The topological polar surface area (TPSA) is 43.2 Å². The Kier molecular flexibility index (Phi) is 4.45. The molecule has 0 bridgehead atoms. The largest absolute Gasteiger partial charge is 0.378 e. The number of aromatic nitrogens is 3. The van der Waals surface area contributed by atoms with Crippen molar-refractivity contribution in [3.8, 4) is 5.69 Å². The van der Waals surface area contributed by atoms with E-state index in [1.807, 2.05) is 0 Å². The summed E-state index contributed by atoms with van der Waals surface area (Å²) in [7, 11) is 0. The summed E-state index contributed by atoms with van der Waals surface area (Å²) in [6.45, 7) is 7.48. The van der Waals surface area contributed by atoms with E-state index in [4.69, 9.17) is 4.74 Å². The summed E-state index contributed by atoms with van der Waals surface area (Å²) in [5, 5.41) is 9.78. The highest BCUT2D eigenvalue weighted by molar-refractivity contribution is 7.99. The Bertz CT molecular complexity index is 607. The van der Waals surface area contributed by atoms with Gasteiger partial charge >= 0.3 is 0 Å². The van der Waals surface area contributed by atoms with Gasteiger partial charge in [0, 0.05) is 13.1 Å². The molecule has 2 heterocycles. The number of hydrogen-bond donors (Lipinski definition) is 0. The molecule has 0 N–H and O–H groups in total. The Morgan fingerprint density at radius 1 is 1.19 bits per heavy atom. The minimum Gasteiger partial charge on any atom is -0.378 e. The van der Waals surface area contributed by atoms with Crippen LogP contribution >= 0.6 is 11.8 Å². The predicted molar refractivity (Wildman–Crippen MR) is 85.5 cm³/mol. The van der Waals surface area contributed by atoms with Crippen molar-refractivity contribution < 1.29 is 4.74 Å². The third-order valence-corrected chi connectivity index (χ3v) is 4.35. The molecular formula is C15H20N4OS. The zero-order valence-corrected chi connectivity index (χ0v) is 13.3. The highest BCUT2D eigenvalue weighted by Gasteiger charge is 2.22. The zero-order valence-electron chi connectivity index (χ0n) is 12.5. The number of aryl methyl sites for hydroxylation is 1. The first-order valence-electron chi connectivity index (χ1n) is 7.28. The normalized spacial score (nSPS) is 15.4. The summed E-state index contributed by atoms with van der Waals surface area (Å²) in [5.74, 6) is 1.90. The van der Waals surface area contributed by atoms with Crippen LogP contribution in [0.3, 0.4) is 0 Å². The third-order valence-electron chi connectivity index (χ3n) is 3.54. The van der Waals surface area contributed by atoms with E-state index in [0.717, 1.165) is 48.8 Å². The average Bonchev–Trinajstić information content (AvgIpc) is 2.93. The van der Waals surface area contributed by atoms with Crippen molar-refractivity contribution >= 4 is 17.7 Å². The van der Waals surface area contributed by atoms with Crippen LogP contribution in [0.15, 0.2) is 29.4 Å². The van der Waals surface area contributed by atoms with E-state index in [1.165, 1.54) is 5.56 Å². The molecule has 0 atom stereocenters. The lowest BCUT2D eigenvalue weighted by Gasteiger charge is -2.28. The lowest BCUT2D eigenvalue weighted by molar-refractivity contribution is 0.122. The van der Waals surface area contributed by atoms with E-state index >= 15 is 0 Å². The van der Waals surface area contributed by atoms with Crippen LogP contribution in [0.25, 0.3) is 5.69 Å². The first-order valence-corrected chi connectivity index (χ1v) is 8.26.